The van der Waals surface area contributed by atoms with Crippen molar-refractivity contribution < 1.29 is 22.7 Å². The van der Waals surface area contributed by atoms with Crippen LogP contribution in [0.25, 0.3) is 0 Å². The first-order chi connectivity index (χ1) is 6.88. The summed E-state index contributed by atoms with van der Waals surface area (Å²) in [5.74, 6) is -1.90. The number of rotatable bonds is 6. The second kappa shape index (κ2) is 6.62. The van der Waals surface area contributed by atoms with Crippen LogP contribution in [-0.4, -0.2) is 57.4 Å². The average Bonchev–Trinajstić information content (AvgIpc) is 2.13. The Morgan fingerprint density at radius 3 is 2.47 bits per heavy atom. The number of hydrogen-bond acceptors (Lipinski definition) is 3. The van der Waals surface area contributed by atoms with Crippen molar-refractivity contribution in [3.63, 3.8) is 0 Å². The van der Waals surface area contributed by atoms with Gasteiger partial charge in [0.2, 0.25) is 0 Å². The van der Waals surface area contributed by atoms with Crippen molar-refractivity contribution in [1.82, 2.24) is 10.2 Å². The minimum Gasteiger partial charge on any atom is -0.383 e. The molecule has 0 bridgehead atoms. The van der Waals surface area contributed by atoms with E-state index in [1.54, 1.807) is 24.4 Å². The van der Waals surface area contributed by atoms with E-state index in [0.717, 1.165) is 0 Å². The van der Waals surface area contributed by atoms with Crippen molar-refractivity contribution in [3.8, 4) is 0 Å². The molecule has 0 aliphatic rings. The summed E-state index contributed by atoms with van der Waals surface area (Å²) >= 11 is 0. The van der Waals surface area contributed by atoms with Gasteiger partial charge in [0.05, 0.1) is 6.61 Å². The Bertz CT molecular complexity index is 197. The number of nitrogens with one attached hydrogen (secondary N) is 1. The fourth-order valence-corrected chi connectivity index (χ4v) is 0.819. The lowest BCUT2D eigenvalue weighted by Crippen LogP contribution is -2.41. The van der Waals surface area contributed by atoms with Crippen LogP contribution in [0.5, 0.6) is 0 Å². The van der Waals surface area contributed by atoms with Crippen molar-refractivity contribution in [2.75, 3.05) is 40.4 Å². The molecule has 0 aliphatic carbocycles. The maximum Gasteiger partial charge on any atom is 0.471 e. The predicted molar refractivity (Wildman–Crippen MR) is 48.4 cm³/mol. The van der Waals surface area contributed by atoms with E-state index in [9.17, 15) is 18.0 Å². The number of amides is 1. The molecular formula is C8H15F3N2O2. The number of nitrogens with zero attached hydrogens (tertiary/aromatic N) is 1. The average molecular weight is 228 g/mol. The molecule has 0 radical (unpaired) electrons. The van der Waals surface area contributed by atoms with E-state index in [1.807, 2.05) is 0 Å². The van der Waals surface area contributed by atoms with Gasteiger partial charge in [0.1, 0.15) is 0 Å². The lowest BCUT2D eigenvalue weighted by Gasteiger charge is -2.16. The summed E-state index contributed by atoms with van der Waals surface area (Å²) in [5.41, 5.74) is 0. The van der Waals surface area contributed by atoms with Crippen molar-refractivity contribution in [3.05, 3.63) is 0 Å². The maximum absolute atomic E-state index is 11.7. The zero-order valence-electron chi connectivity index (χ0n) is 8.73. The monoisotopic (exact) mass is 228 g/mol. The van der Waals surface area contributed by atoms with Crippen LogP contribution < -0.4 is 5.32 Å². The third-order valence-corrected chi connectivity index (χ3v) is 1.71. The molecule has 0 aromatic rings. The summed E-state index contributed by atoms with van der Waals surface area (Å²) < 4.78 is 40.0. The number of ether oxygens (including phenoxy) is 1. The van der Waals surface area contributed by atoms with Gasteiger partial charge >= 0.3 is 12.1 Å². The first-order valence-corrected chi connectivity index (χ1v) is 4.40. The molecule has 4 nitrogen and oxygen atoms in total. The summed E-state index contributed by atoms with van der Waals surface area (Å²) in [4.78, 5) is 12.1. The first kappa shape index (κ1) is 14.2. The summed E-state index contributed by atoms with van der Waals surface area (Å²) in [6.07, 6.45) is -4.80. The molecule has 0 spiro atoms. The molecule has 7 heteroatoms. The van der Waals surface area contributed by atoms with Gasteiger partial charge in [0.25, 0.3) is 0 Å². The largest absolute Gasteiger partial charge is 0.471 e. The minimum atomic E-state index is -4.80. The van der Waals surface area contributed by atoms with E-state index < -0.39 is 12.1 Å². The number of halogens is 3. The van der Waals surface area contributed by atoms with Gasteiger partial charge in [-0.3, -0.25) is 4.79 Å². The molecule has 1 N–H and O–H groups in total. The summed E-state index contributed by atoms with van der Waals surface area (Å²) in [5, 5.41) is 1.78. The number of likely N-dealkylation sites (N-methyl/N-ethyl adjacent to an activating group) is 1. The molecule has 0 aliphatic heterocycles. The lowest BCUT2D eigenvalue weighted by molar-refractivity contribution is -0.173. The van der Waals surface area contributed by atoms with Gasteiger partial charge in [-0.2, -0.15) is 13.2 Å². The Kier molecular flexibility index (Phi) is 6.26. The molecule has 1 amide bonds. The van der Waals surface area contributed by atoms with Crippen LogP contribution >= 0.6 is 0 Å². The van der Waals surface area contributed by atoms with E-state index in [4.69, 9.17) is 4.74 Å². The van der Waals surface area contributed by atoms with Crippen LogP contribution in [0.1, 0.15) is 0 Å². The van der Waals surface area contributed by atoms with Crippen molar-refractivity contribution in [2.24, 2.45) is 0 Å². The Labute approximate surface area is 86.4 Å². The van der Waals surface area contributed by atoms with Crippen molar-refractivity contribution in [1.29, 1.82) is 0 Å². The van der Waals surface area contributed by atoms with Crippen molar-refractivity contribution >= 4 is 5.91 Å². The molecule has 0 saturated carbocycles. The Morgan fingerprint density at radius 1 is 1.40 bits per heavy atom. The summed E-state index contributed by atoms with van der Waals surface area (Å²) in [6.45, 7) is 1.44. The molecule has 0 unspecified atom stereocenters. The van der Waals surface area contributed by atoms with Gasteiger partial charge in [-0.25, -0.2) is 0 Å². The topological polar surface area (TPSA) is 41.6 Å². The molecule has 0 aromatic heterocycles. The van der Waals surface area contributed by atoms with Gasteiger partial charge in [0, 0.05) is 26.7 Å². The van der Waals surface area contributed by atoms with Gasteiger partial charge in [-0.15, -0.1) is 0 Å². The number of carbonyl (C=O) groups is 1. The highest BCUT2D eigenvalue weighted by Crippen LogP contribution is 2.13. The Morgan fingerprint density at radius 2 is 2.00 bits per heavy atom. The third-order valence-electron chi connectivity index (χ3n) is 1.71. The van der Waals surface area contributed by atoms with Crippen LogP contribution in [-0.2, 0) is 9.53 Å². The van der Waals surface area contributed by atoms with Gasteiger partial charge in [-0.05, 0) is 7.05 Å². The van der Waals surface area contributed by atoms with E-state index >= 15 is 0 Å². The van der Waals surface area contributed by atoms with Crippen molar-refractivity contribution in [2.45, 2.75) is 6.18 Å². The SMILES string of the molecule is COCCN(C)CCNC(=O)C(F)(F)F. The van der Waals surface area contributed by atoms with E-state index in [0.29, 0.717) is 19.7 Å². The zero-order chi connectivity index (χ0) is 11.9. The first-order valence-electron chi connectivity index (χ1n) is 4.40. The van der Waals surface area contributed by atoms with E-state index in [-0.39, 0.29) is 6.54 Å². The molecule has 15 heavy (non-hydrogen) atoms. The van der Waals surface area contributed by atoms with Crippen LogP contribution in [0.2, 0.25) is 0 Å². The highest BCUT2D eigenvalue weighted by atomic mass is 19.4. The quantitative estimate of drug-likeness (QED) is 0.708. The molecule has 0 heterocycles. The summed E-state index contributed by atoms with van der Waals surface area (Å²) in [6, 6.07) is 0. The highest BCUT2D eigenvalue weighted by Gasteiger charge is 2.38. The summed E-state index contributed by atoms with van der Waals surface area (Å²) in [7, 11) is 3.28. The zero-order valence-corrected chi connectivity index (χ0v) is 8.73. The maximum atomic E-state index is 11.7. The highest BCUT2D eigenvalue weighted by molar-refractivity contribution is 5.81. The number of carbonyl (C=O) groups excluding carboxylic acids is 1. The normalized spacial score (nSPS) is 11.9. The Balaban J connectivity index is 3.57. The van der Waals surface area contributed by atoms with Crippen LogP contribution in [0.3, 0.4) is 0 Å². The Hall–Kier alpha value is -0.820. The lowest BCUT2D eigenvalue weighted by atomic mass is 10.5. The molecular weight excluding hydrogens is 213 g/mol. The molecule has 0 saturated heterocycles. The second-order valence-electron chi connectivity index (χ2n) is 3.05. The standard InChI is InChI=1S/C8H15F3N2O2/c1-13(5-6-15-2)4-3-12-7(14)8(9,10)11/h3-6H2,1-2H3,(H,12,14). The molecule has 0 fully saturated rings. The molecule has 0 atom stereocenters. The van der Waals surface area contributed by atoms with Gasteiger partial charge < -0.3 is 15.0 Å². The molecule has 0 aromatic carbocycles. The molecule has 0 rings (SSSR count). The predicted octanol–water partition coefficient (Wildman–Crippen LogP) is 0.243. The third kappa shape index (κ3) is 7.15. The fraction of sp³-hybridized carbons (Fsp3) is 0.875. The second-order valence-corrected chi connectivity index (χ2v) is 3.05. The number of hydrogen-bond donors (Lipinski definition) is 1. The van der Waals surface area contributed by atoms with Crippen LogP contribution in [0, 0.1) is 0 Å². The molecule has 90 valence electrons. The van der Waals surface area contributed by atoms with E-state index in [1.165, 1.54) is 0 Å². The number of alkyl halides is 3. The fourth-order valence-electron chi connectivity index (χ4n) is 0.819. The van der Waals surface area contributed by atoms with E-state index in [2.05, 4.69) is 0 Å². The van der Waals surface area contributed by atoms with Crippen LogP contribution in [0.15, 0.2) is 0 Å². The van der Waals surface area contributed by atoms with Gasteiger partial charge in [0.15, 0.2) is 0 Å². The number of methoxy groups -OCH3 is 1. The van der Waals surface area contributed by atoms with Gasteiger partial charge in [-0.1, -0.05) is 0 Å². The minimum absolute atomic E-state index is 0.0292. The smallest absolute Gasteiger partial charge is 0.383 e. The van der Waals surface area contributed by atoms with Crippen LogP contribution in [0.4, 0.5) is 13.2 Å².